The molecule has 0 radical (unpaired) electrons. The van der Waals surface area contributed by atoms with Gasteiger partial charge in [-0.2, -0.15) is 0 Å². The van der Waals surface area contributed by atoms with E-state index in [1.807, 2.05) is 11.3 Å². The Labute approximate surface area is 365 Å². The molecular weight excluding hydrogens is 755 g/mol. The molecule has 0 atom stereocenters. The number of anilines is 3. The van der Waals surface area contributed by atoms with Crippen LogP contribution < -0.4 is 4.90 Å². The predicted octanol–water partition coefficient (Wildman–Crippen LogP) is 17.2. The lowest BCUT2D eigenvalue weighted by atomic mass is 9.62. The molecule has 1 nitrogen and oxygen atoms in total. The average molecular weight is 806 g/mol. The van der Waals surface area contributed by atoms with E-state index in [2.05, 4.69) is 222 Å². The van der Waals surface area contributed by atoms with Gasteiger partial charge in [-0.25, -0.2) is 0 Å². The highest BCUT2D eigenvalue weighted by atomic mass is 32.1. The van der Waals surface area contributed by atoms with E-state index in [-0.39, 0.29) is 16.2 Å². The number of hydrogen-bond acceptors (Lipinski definition) is 2. The van der Waals surface area contributed by atoms with Gasteiger partial charge < -0.3 is 4.90 Å². The van der Waals surface area contributed by atoms with E-state index in [9.17, 15) is 0 Å². The Morgan fingerprint density at radius 3 is 1.67 bits per heavy atom. The zero-order valence-corrected chi connectivity index (χ0v) is 36.8. The van der Waals surface area contributed by atoms with Gasteiger partial charge in [-0.1, -0.05) is 157 Å². The Bertz CT molecular complexity index is 3150. The van der Waals surface area contributed by atoms with Crippen LogP contribution in [0.4, 0.5) is 17.1 Å². The van der Waals surface area contributed by atoms with E-state index in [1.54, 1.807) is 0 Å². The van der Waals surface area contributed by atoms with Crippen molar-refractivity contribution < 1.29 is 0 Å². The van der Waals surface area contributed by atoms with Crippen molar-refractivity contribution in [1.82, 2.24) is 0 Å². The van der Waals surface area contributed by atoms with Gasteiger partial charge in [0.25, 0.3) is 0 Å². The second-order valence-electron chi connectivity index (χ2n) is 19.2. The van der Waals surface area contributed by atoms with Gasteiger partial charge in [-0.05, 0) is 146 Å². The largest absolute Gasteiger partial charge is 0.310 e. The molecule has 0 fully saturated rings. The first-order valence-electron chi connectivity index (χ1n) is 21.9. The molecule has 0 unspecified atom stereocenters. The van der Waals surface area contributed by atoms with Crippen molar-refractivity contribution in [3.8, 4) is 44.5 Å². The SMILES string of the molecule is CC1(C)CCC(C)(C)c2cc3c(cc21)-c1ccc(N(c2ccc(-c4ccc5sc6ccccc6c5c4)cc2)c2ccc(-c4ccccc4)cc2-c2ccccc2)cc1C3(C)C. The maximum absolute atomic E-state index is 2.59. The minimum absolute atomic E-state index is 0.151. The minimum Gasteiger partial charge on any atom is -0.310 e. The van der Waals surface area contributed by atoms with Gasteiger partial charge in [0.1, 0.15) is 0 Å². The summed E-state index contributed by atoms with van der Waals surface area (Å²) in [5.41, 5.74) is 19.5. The average Bonchev–Trinajstić information content (AvgIpc) is 3.76. The van der Waals surface area contributed by atoms with Crippen molar-refractivity contribution >= 4 is 48.6 Å². The van der Waals surface area contributed by atoms with Crippen molar-refractivity contribution in [1.29, 1.82) is 0 Å². The first-order chi connectivity index (χ1) is 29.5. The van der Waals surface area contributed by atoms with Crippen LogP contribution in [0.3, 0.4) is 0 Å². The van der Waals surface area contributed by atoms with Crippen LogP contribution in [0.25, 0.3) is 64.7 Å². The van der Waals surface area contributed by atoms with Crippen molar-refractivity contribution in [2.24, 2.45) is 0 Å². The molecule has 2 aliphatic carbocycles. The zero-order chi connectivity index (χ0) is 41.7. The van der Waals surface area contributed by atoms with Gasteiger partial charge in [0.2, 0.25) is 0 Å². The Hall–Kier alpha value is -6.22. The summed E-state index contributed by atoms with van der Waals surface area (Å²) in [5.74, 6) is 0. The van der Waals surface area contributed by atoms with Crippen LogP contribution in [0.5, 0.6) is 0 Å². The van der Waals surface area contributed by atoms with E-state index < -0.39 is 0 Å². The monoisotopic (exact) mass is 805 g/mol. The summed E-state index contributed by atoms with van der Waals surface area (Å²) in [6.07, 6.45) is 2.42. The van der Waals surface area contributed by atoms with Crippen molar-refractivity contribution in [3.05, 3.63) is 198 Å². The maximum Gasteiger partial charge on any atom is 0.0540 e. The zero-order valence-electron chi connectivity index (χ0n) is 36.0. The summed E-state index contributed by atoms with van der Waals surface area (Å²) < 4.78 is 2.66. The second-order valence-corrected chi connectivity index (χ2v) is 20.3. The molecule has 0 spiro atoms. The number of thiophene rings is 1. The molecular formula is C59H51NS. The molecule has 1 heterocycles. The van der Waals surface area contributed by atoms with Crippen LogP contribution in [-0.4, -0.2) is 0 Å². The van der Waals surface area contributed by atoms with Crippen LogP contribution in [0.1, 0.15) is 76.6 Å². The molecule has 61 heavy (non-hydrogen) atoms. The van der Waals surface area contributed by atoms with Crippen molar-refractivity contribution in [2.75, 3.05) is 4.90 Å². The Morgan fingerprint density at radius 2 is 0.934 bits per heavy atom. The van der Waals surface area contributed by atoms with Crippen LogP contribution in [0, 0.1) is 0 Å². The first-order valence-corrected chi connectivity index (χ1v) is 22.7. The lowest BCUT2D eigenvalue weighted by Gasteiger charge is -2.42. The van der Waals surface area contributed by atoms with Crippen molar-refractivity contribution in [3.63, 3.8) is 0 Å². The molecule has 2 aliphatic rings. The fourth-order valence-corrected chi connectivity index (χ4v) is 11.5. The summed E-state index contributed by atoms with van der Waals surface area (Å²) in [5, 5.41) is 2.65. The van der Waals surface area contributed by atoms with Gasteiger partial charge in [-0.3, -0.25) is 0 Å². The van der Waals surface area contributed by atoms with Gasteiger partial charge in [-0.15, -0.1) is 11.3 Å². The number of benzene rings is 8. The number of nitrogens with zero attached hydrogens (tertiary/aromatic N) is 1. The quantitative estimate of drug-likeness (QED) is 0.162. The highest BCUT2D eigenvalue weighted by Gasteiger charge is 2.42. The Kier molecular flexibility index (Phi) is 8.61. The summed E-state index contributed by atoms with van der Waals surface area (Å²) in [4.78, 5) is 2.49. The maximum atomic E-state index is 2.59. The molecule has 0 amide bonds. The van der Waals surface area contributed by atoms with Gasteiger partial charge in [0.15, 0.2) is 0 Å². The van der Waals surface area contributed by atoms with Crippen molar-refractivity contribution in [2.45, 2.75) is 70.6 Å². The molecule has 8 aromatic carbocycles. The third-order valence-electron chi connectivity index (χ3n) is 14.2. The summed E-state index contributed by atoms with van der Waals surface area (Å²) in [6.45, 7) is 14.6. The van der Waals surface area contributed by atoms with E-state index in [4.69, 9.17) is 0 Å². The molecule has 298 valence electrons. The third-order valence-corrected chi connectivity index (χ3v) is 15.3. The fourth-order valence-electron chi connectivity index (χ4n) is 10.4. The molecule has 2 heteroatoms. The normalized spacial score (nSPS) is 15.6. The van der Waals surface area contributed by atoms with E-state index in [1.165, 1.54) is 99.8 Å². The van der Waals surface area contributed by atoms with Crippen LogP contribution in [-0.2, 0) is 16.2 Å². The predicted molar refractivity (Wildman–Crippen MR) is 263 cm³/mol. The molecule has 0 bridgehead atoms. The standard InChI is InChI=1S/C59H51NS/c1-57(2)31-32-58(3,4)53-37-51-48(36-52(53)57)45-28-27-44(35-50(45)59(51,5)6)60(54-29-23-41(38-15-9-7-10-16-38)33-47(54)40-17-11-8-12-18-40)43-25-21-39(22-26-43)42-24-30-56-49(34-42)46-19-13-14-20-55(46)61-56/h7-30,33-37H,31-32H2,1-6H3. The van der Waals surface area contributed by atoms with E-state index in [0.717, 1.165) is 17.1 Å². The lowest BCUT2D eigenvalue weighted by molar-refractivity contribution is 0.331. The number of fused-ring (bicyclic) bond motifs is 7. The molecule has 0 saturated heterocycles. The minimum atomic E-state index is -0.160. The summed E-state index contributed by atoms with van der Waals surface area (Å²) in [6, 6.07) is 66.0. The summed E-state index contributed by atoms with van der Waals surface area (Å²) in [7, 11) is 0. The molecule has 0 saturated carbocycles. The van der Waals surface area contributed by atoms with E-state index in [0.29, 0.717) is 0 Å². The highest BCUT2D eigenvalue weighted by Crippen LogP contribution is 2.56. The molecule has 0 aliphatic heterocycles. The summed E-state index contributed by atoms with van der Waals surface area (Å²) >= 11 is 1.87. The fraction of sp³-hybridized carbons (Fsp3) is 0.186. The first kappa shape index (κ1) is 37.8. The lowest BCUT2D eigenvalue weighted by Crippen LogP contribution is -2.34. The number of hydrogen-bond donors (Lipinski definition) is 0. The van der Waals surface area contributed by atoms with Gasteiger partial charge in [0, 0.05) is 42.5 Å². The van der Waals surface area contributed by atoms with Crippen LogP contribution >= 0.6 is 11.3 Å². The van der Waals surface area contributed by atoms with Crippen LogP contribution in [0.2, 0.25) is 0 Å². The third kappa shape index (κ3) is 6.18. The number of rotatable bonds is 6. The van der Waals surface area contributed by atoms with Gasteiger partial charge >= 0.3 is 0 Å². The highest BCUT2D eigenvalue weighted by molar-refractivity contribution is 7.25. The van der Waals surface area contributed by atoms with Gasteiger partial charge in [0.05, 0.1) is 5.69 Å². The molecule has 9 aromatic rings. The molecule has 11 rings (SSSR count). The Balaban J connectivity index is 1.09. The molecule has 1 aromatic heterocycles. The molecule has 0 N–H and O–H groups in total. The smallest absolute Gasteiger partial charge is 0.0540 e. The van der Waals surface area contributed by atoms with E-state index >= 15 is 0 Å². The van der Waals surface area contributed by atoms with Crippen LogP contribution in [0.15, 0.2) is 176 Å². The second kappa shape index (κ2) is 13.9. The Morgan fingerprint density at radius 1 is 0.377 bits per heavy atom. The topological polar surface area (TPSA) is 3.24 Å².